The highest BCUT2D eigenvalue weighted by atomic mass is 79.9. The van der Waals surface area contributed by atoms with Gasteiger partial charge in [-0.05, 0) is 31.4 Å². The Bertz CT molecular complexity index is 398. The molecule has 1 amide bonds. The van der Waals surface area contributed by atoms with Crippen LogP contribution >= 0.6 is 27.7 Å². The van der Waals surface area contributed by atoms with Crippen LogP contribution in [0.5, 0.6) is 5.75 Å². The largest absolute Gasteiger partial charge is 0.496 e. The standard InChI is InChI=1S/C12H16BrNO2S/c1-8(17-3)12(15)14-7-9-6-10(13)4-5-11(9)16-2/h4-6,8H,7H2,1-3H3,(H,14,15)/t8-/m0/s1. The molecule has 1 aromatic carbocycles. The minimum absolute atomic E-state index is 0.0341. The summed E-state index contributed by atoms with van der Waals surface area (Å²) in [7, 11) is 1.62. The maximum Gasteiger partial charge on any atom is 0.233 e. The maximum absolute atomic E-state index is 11.6. The fraction of sp³-hybridized carbons (Fsp3) is 0.417. The molecule has 1 rings (SSSR count). The third-order valence-electron chi connectivity index (χ3n) is 2.42. The van der Waals surface area contributed by atoms with Gasteiger partial charge in [0.05, 0.1) is 12.4 Å². The van der Waals surface area contributed by atoms with Crippen molar-refractivity contribution in [3.05, 3.63) is 28.2 Å². The number of nitrogens with one attached hydrogen (secondary N) is 1. The molecule has 17 heavy (non-hydrogen) atoms. The minimum Gasteiger partial charge on any atom is -0.496 e. The molecule has 0 radical (unpaired) electrons. The van der Waals surface area contributed by atoms with Crippen LogP contribution in [-0.4, -0.2) is 24.5 Å². The van der Waals surface area contributed by atoms with Gasteiger partial charge in [-0.3, -0.25) is 4.79 Å². The molecular formula is C12H16BrNO2S. The van der Waals surface area contributed by atoms with Gasteiger partial charge in [-0.1, -0.05) is 15.9 Å². The van der Waals surface area contributed by atoms with Crippen molar-refractivity contribution in [1.82, 2.24) is 5.32 Å². The number of benzene rings is 1. The quantitative estimate of drug-likeness (QED) is 0.907. The van der Waals surface area contributed by atoms with Gasteiger partial charge >= 0.3 is 0 Å². The molecule has 1 atom stereocenters. The fourth-order valence-electron chi connectivity index (χ4n) is 1.32. The third-order valence-corrected chi connectivity index (χ3v) is 3.83. The highest BCUT2D eigenvalue weighted by Gasteiger charge is 2.11. The molecule has 0 aliphatic carbocycles. The van der Waals surface area contributed by atoms with Crippen molar-refractivity contribution in [2.45, 2.75) is 18.7 Å². The minimum atomic E-state index is -0.0341. The van der Waals surface area contributed by atoms with E-state index < -0.39 is 0 Å². The first-order valence-corrected chi connectivity index (χ1v) is 7.29. The van der Waals surface area contributed by atoms with Crippen molar-refractivity contribution in [2.75, 3.05) is 13.4 Å². The molecule has 0 aliphatic heterocycles. The van der Waals surface area contributed by atoms with Gasteiger partial charge in [0, 0.05) is 16.6 Å². The molecule has 0 unspecified atom stereocenters. The monoisotopic (exact) mass is 317 g/mol. The normalized spacial score (nSPS) is 12.0. The van der Waals surface area contributed by atoms with Gasteiger partial charge in [0.15, 0.2) is 0 Å². The Morgan fingerprint density at radius 3 is 2.88 bits per heavy atom. The zero-order valence-corrected chi connectivity index (χ0v) is 12.5. The summed E-state index contributed by atoms with van der Waals surface area (Å²) in [5, 5.41) is 2.86. The smallest absolute Gasteiger partial charge is 0.233 e. The zero-order chi connectivity index (χ0) is 12.8. The number of halogens is 1. The van der Waals surface area contributed by atoms with Gasteiger partial charge in [0.2, 0.25) is 5.91 Å². The van der Waals surface area contributed by atoms with Crippen LogP contribution in [-0.2, 0) is 11.3 Å². The second-order valence-corrected chi connectivity index (χ2v) is 5.65. The molecule has 0 spiro atoms. The summed E-state index contributed by atoms with van der Waals surface area (Å²) in [6.07, 6.45) is 1.92. The van der Waals surface area contributed by atoms with Crippen LogP contribution in [0.4, 0.5) is 0 Å². The summed E-state index contributed by atoms with van der Waals surface area (Å²) >= 11 is 4.93. The van der Waals surface area contributed by atoms with Crippen molar-refractivity contribution in [3.63, 3.8) is 0 Å². The molecule has 0 heterocycles. The van der Waals surface area contributed by atoms with Crippen LogP contribution in [0, 0.1) is 0 Å². The maximum atomic E-state index is 11.6. The van der Waals surface area contributed by atoms with Crippen molar-refractivity contribution in [1.29, 1.82) is 0 Å². The first-order chi connectivity index (χ1) is 8.08. The summed E-state index contributed by atoms with van der Waals surface area (Å²) in [5.41, 5.74) is 0.962. The molecule has 0 aromatic heterocycles. The van der Waals surface area contributed by atoms with Crippen LogP contribution < -0.4 is 10.1 Å². The van der Waals surface area contributed by atoms with E-state index in [1.54, 1.807) is 7.11 Å². The van der Waals surface area contributed by atoms with E-state index in [4.69, 9.17) is 4.74 Å². The van der Waals surface area contributed by atoms with Gasteiger partial charge in [-0.2, -0.15) is 11.8 Å². The van der Waals surface area contributed by atoms with E-state index in [9.17, 15) is 4.79 Å². The third kappa shape index (κ3) is 4.24. The first kappa shape index (κ1) is 14.4. The Labute approximate surface area is 114 Å². The lowest BCUT2D eigenvalue weighted by Crippen LogP contribution is -2.30. The Kier molecular flexibility index (Phi) is 5.85. The number of hydrogen-bond acceptors (Lipinski definition) is 3. The number of thioether (sulfide) groups is 1. The summed E-state index contributed by atoms with van der Waals surface area (Å²) < 4.78 is 6.21. The first-order valence-electron chi connectivity index (χ1n) is 5.21. The van der Waals surface area contributed by atoms with Gasteiger partial charge in [0.1, 0.15) is 5.75 Å². The predicted octanol–water partition coefficient (Wildman–Crippen LogP) is 2.83. The number of carbonyl (C=O) groups is 1. The Morgan fingerprint density at radius 2 is 2.29 bits per heavy atom. The molecule has 1 N–H and O–H groups in total. The number of amides is 1. The molecule has 0 saturated heterocycles. The SMILES string of the molecule is COc1ccc(Br)cc1CNC(=O)[C@H](C)SC. The lowest BCUT2D eigenvalue weighted by molar-refractivity contribution is -0.120. The predicted molar refractivity (Wildman–Crippen MR) is 75.5 cm³/mol. The van der Waals surface area contributed by atoms with Crippen molar-refractivity contribution in [3.8, 4) is 5.75 Å². The van der Waals surface area contributed by atoms with E-state index in [1.807, 2.05) is 31.4 Å². The Balaban J connectivity index is 2.68. The number of methoxy groups -OCH3 is 1. The summed E-state index contributed by atoms with van der Waals surface area (Å²) in [5.74, 6) is 0.824. The fourth-order valence-corrected chi connectivity index (χ4v) is 2.02. The van der Waals surface area contributed by atoms with Crippen molar-refractivity contribution < 1.29 is 9.53 Å². The average Bonchev–Trinajstić information content (AvgIpc) is 2.35. The Hall–Kier alpha value is -0.680. The van der Waals surface area contributed by atoms with Crippen LogP contribution in [0.3, 0.4) is 0 Å². The van der Waals surface area contributed by atoms with E-state index in [-0.39, 0.29) is 11.2 Å². The number of hydrogen-bond donors (Lipinski definition) is 1. The van der Waals surface area contributed by atoms with Crippen molar-refractivity contribution >= 4 is 33.6 Å². The van der Waals surface area contributed by atoms with Gasteiger partial charge < -0.3 is 10.1 Å². The molecule has 1 aromatic rings. The molecule has 94 valence electrons. The highest BCUT2D eigenvalue weighted by molar-refractivity contribution is 9.10. The second kappa shape index (κ2) is 6.91. The van der Waals surface area contributed by atoms with E-state index in [1.165, 1.54) is 11.8 Å². The highest BCUT2D eigenvalue weighted by Crippen LogP contribution is 2.22. The van der Waals surface area contributed by atoms with E-state index in [2.05, 4.69) is 21.2 Å². The number of carbonyl (C=O) groups excluding carboxylic acids is 1. The lowest BCUT2D eigenvalue weighted by Gasteiger charge is -2.12. The molecular weight excluding hydrogens is 302 g/mol. The van der Waals surface area contributed by atoms with Crippen LogP contribution in [0.15, 0.2) is 22.7 Å². The average molecular weight is 318 g/mol. The summed E-state index contributed by atoms with van der Waals surface area (Å²) in [6, 6.07) is 5.74. The van der Waals surface area contributed by atoms with Gasteiger partial charge in [-0.25, -0.2) is 0 Å². The topological polar surface area (TPSA) is 38.3 Å². The Morgan fingerprint density at radius 1 is 1.59 bits per heavy atom. The van der Waals surface area contributed by atoms with Crippen LogP contribution in [0.1, 0.15) is 12.5 Å². The number of ether oxygens (including phenoxy) is 1. The van der Waals surface area contributed by atoms with E-state index in [0.717, 1.165) is 15.8 Å². The lowest BCUT2D eigenvalue weighted by atomic mass is 10.2. The molecule has 0 bridgehead atoms. The summed E-state index contributed by atoms with van der Waals surface area (Å²) in [6.45, 7) is 2.37. The molecule has 3 nitrogen and oxygen atoms in total. The molecule has 5 heteroatoms. The van der Waals surface area contributed by atoms with Crippen LogP contribution in [0.25, 0.3) is 0 Å². The van der Waals surface area contributed by atoms with E-state index in [0.29, 0.717) is 6.54 Å². The molecule has 0 fully saturated rings. The molecule has 0 aliphatic rings. The zero-order valence-electron chi connectivity index (χ0n) is 10.1. The van der Waals surface area contributed by atoms with Crippen molar-refractivity contribution in [2.24, 2.45) is 0 Å². The van der Waals surface area contributed by atoms with Gasteiger partial charge in [0.25, 0.3) is 0 Å². The summed E-state index contributed by atoms with van der Waals surface area (Å²) in [4.78, 5) is 11.6. The van der Waals surface area contributed by atoms with Gasteiger partial charge in [-0.15, -0.1) is 0 Å². The second-order valence-electron chi connectivity index (χ2n) is 3.55. The molecule has 0 saturated carbocycles. The van der Waals surface area contributed by atoms with E-state index >= 15 is 0 Å². The van der Waals surface area contributed by atoms with Crippen LogP contribution in [0.2, 0.25) is 0 Å². The number of rotatable bonds is 5.